The van der Waals surface area contributed by atoms with Crippen molar-refractivity contribution in [2.24, 2.45) is 10.9 Å². The molecule has 0 radical (unpaired) electrons. The third kappa shape index (κ3) is 2.52. The SMILES string of the molecule is CC=N/C(=C\n1cnnc1C)C(C)C. The molecule has 1 aromatic rings. The molecule has 0 amide bonds. The van der Waals surface area contributed by atoms with Crippen LogP contribution in [0.1, 0.15) is 26.6 Å². The molecule has 0 aliphatic rings. The zero-order valence-corrected chi connectivity index (χ0v) is 9.10. The molecule has 1 heterocycles. The van der Waals surface area contributed by atoms with Crippen LogP contribution in [-0.2, 0) is 0 Å². The first-order valence-corrected chi connectivity index (χ1v) is 4.71. The van der Waals surface area contributed by atoms with Crippen LogP contribution in [0.4, 0.5) is 0 Å². The second kappa shape index (κ2) is 4.69. The summed E-state index contributed by atoms with van der Waals surface area (Å²) in [5, 5.41) is 7.72. The van der Waals surface area contributed by atoms with Gasteiger partial charge in [-0.05, 0) is 19.8 Å². The van der Waals surface area contributed by atoms with E-state index in [0.29, 0.717) is 5.92 Å². The fourth-order valence-electron chi connectivity index (χ4n) is 1.05. The number of aryl methyl sites for hydroxylation is 1. The van der Waals surface area contributed by atoms with Gasteiger partial charge >= 0.3 is 0 Å². The van der Waals surface area contributed by atoms with Crippen molar-refractivity contribution in [3.63, 3.8) is 0 Å². The van der Waals surface area contributed by atoms with Crippen molar-refractivity contribution in [1.82, 2.24) is 14.8 Å². The lowest BCUT2D eigenvalue weighted by atomic mass is 10.1. The monoisotopic (exact) mass is 192 g/mol. The van der Waals surface area contributed by atoms with E-state index < -0.39 is 0 Å². The van der Waals surface area contributed by atoms with E-state index in [1.807, 2.05) is 24.6 Å². The van der Waals surface area contributed by atoms with E-state index in [0.717, 1.165) is 11.5 Å². The molecule has 0 saturated carbocycles. The summed E-state index contributed by atoms with van der Waals surface area (Å²) in [6.45, 7) is 8.05. The number of rotatable bonds is 3. The van der Waals surface area contributed by atoms with Gasteiger partial charge in [0.2, 0.25) is 0 Å². The van der Waals surface area contributed by atoms with Crippen LogP contribution in [0.3, 0.4) is 0 Å². The van der Waals surface area contributed by atoms with Gasteiger partial charge in [0, 0.05) is 12.4 Å². The largest absolute Gasteiger partial charge is 0.291 e. The lowest BCUT2D eigenvalue weighted by Crippen LogP contribution is -1.96. The summed E-state index contributed by atoms with van der Waals surface area (Å²) in [4.78, 5) is 4.30. The van der Waals surface area contributed by atoms with Crippen LogP contribution in [-0.4, -0.2) is 21.0 Å². The van der Waals surface area contributed by atoms with Gasteiger partial charge in [-0.2, -0.15) is 0 Å². The maximum absolute atomic E-state index is 4.30. The van der Waals surface area contributed by atoms with Crippen molar-refractivity contribution in [3.8, 4) is 0 Å². The predicted octanol–water partition coefficient (Wildman–Crippen LogP) is 2.13. The van der Waals surface area contributed by atoms with Gasteiger partial charge in [-0.15, -0.1) is 10.2 Å². The molecule has 1 aromatic heterocycles. The maximum Gasteiger partial charge on any atom is 0.133 e. The van der Waals surface area contributed by atoms with Crippen LogP contribution in [0.15, 0.2) is 17.0 Å². The number of hydrogen-bond acceptors (Lipinski definition) is 3. The van der Waals surface area contributed by atoms with E-state index in [1.165, 1.54) is 0 Å². The van der Waals surface area contributed by atoms with Crippen molar-refractivity contribution < 1.29 is 0 Å². The summed E-state index contributed by atoms with van der Waals surface area (Å²) < 4.78 is 1.88. The summed E-state index contributed by atoms with van der Waals surface area (Å²) in [5.74, 6) is 1.27. The smallest absolute Gasteiger partial charge is 0.133 e. The van der Waals surface area contributed by atoms with Crippen LogP contribution in [0, 0.1) is 12.8 Å². The number of nitrogens with zero attached hydrogens (tertiary/aromatic N) is 4. The molecule has 0 aromatic carbocycles. The Balaban J connectivity index is 2.99. The highest BCUT2D eigenvalue weighted by molar-refractivity contribution is 5.56. The molecule has 0 atom stereocenters. The summed E-state index contributed by atoms with van der Waals surface area (Å²) >= 11 is 0. The van der Waals surface area contributed by atoms with Crippen molar-refractivity contribution >= 4 is 12.4 Å². The molecule has 4 heteroatoms. The van der Waals surface area contributed by atoms with E-state index in [-0.39, 0.29) is 0 Å². The van der Waals surface area contributed by atoms with E-state index in [4.69, 9.17) is 0 Å². The predicted molar refractivity (Wildman–Crippen MR) is 58.0 cm³/mol. The second-order valence-corrected chi connectivity index (χ2v) is 3.38. The molecular weight excluding hydrogens is 176 g/mol. The van der Waals surface area contributed by atoms with Gasteiger partial charge in [0.05, 0.1) is 5.70 Å². The molecular formula is C10H16N4. The van der Waals surface area contributed by atoms with E-state index in [2.05, 4.69) is 29.0 Å². The standard InChI is InChI=1S/C10H16N4/c1-5-11-10(8(2)3)6-14-7-12-13-9(14)4/h5-8H,1-4H3/b10-6-,11-5?. The third-order valence-electron chi connectivity index (χ3n) is 1.89. The first-order valence-electron chi connectivity index (χ1n) is 4.71. The van der Waals surface area contributed by atoms with Gasteiger partial charge in [-0.1, -0.05) is 13.8 Å². The minimum atomic E-state index is 0.396. The Hall–Kier alpha value is -1.45. The van der Waals surface area contributed by atoms with Gasteiger partial charge in [0.15, 0.2) is 0 Å². The van der Waals surface area contributed by atoms with Gasteiger partial charge in [0.1, 0.15) is 12.2 Å². The van der Waals surface area contributed by atoms with Crippen LogP contribution in [0.5, 0.6) is 0 Å². The summed E-state index contributed by atoms with van der Waals surface area (Å²) in [7, 11) is 0. The fraction of sp³-hybridized carbons (Fsp3) is 0.500. The summed E-state index contributed by atoms with van der Waals surface area (Å²) in [6, 6.07) is 0. The van der Waals surface area contributed by atoms with Crippen LogP contribution >= 0.6 is 0 Å². The molecule has 0 N–H and O–H groups in total. The topological polar surface area (TPSA) is 43.1 Å². The third-order valence-corrected chi connectivity index (χ3v) is 1.89. The minimum Gasteiger partial charge on any atom is -0.291 e. The number of hydrogen-bond donors (Lipinski definition) is 0. The van der Waals surface area contributed by atoms with Gasteiger partial charge in [0.25, 0.3) is 0 Å². The molecule has 0 bridgehead atoms. The summed E-state index contributed by atoms with van der Waals surface area (Å²) in [5.41, 5.74) is 1.02. The van der Waals surface area contributed by atoms with Crippen molar-refractivity contribution in [3.05, 3.63) is 17.8 Å². The Morgan fingerprint density at radius 3 is 2.71 bits per heavy atom. The lowest BCUT2D eigenvalue weighted by Gasteiger charge is -2.05. The molecule has 14 heavy (non-hydrogen) atoms. The quantitative estimate of drug-likeness (QED) is 0.688. The Bertz CT molecular complexity index is 347. The maximum atomic E-state index is 4.30. The Morgan fingerprint density at radius 2 is 2.29 bits per heavy atom. The Kier molecular flexibility index (Phi) is 3.56. The van der Waals surface area contributed by atoms with Crippen LogP contribution in [0.25, 0.3) is 6.20 Å². The highest BCUT2D eigenvalue weighted by Crippen LogP contribution is 2.12. The molecule has 0 spiro atoms. The first-order chi connectivity index (χ1) is 6.65. The van der Waals surface area contributed by atoms with E-state index in [9.17, 15) is 0 Å². The molecule has 0 fully saturated rings. The highest BCUT2D eigenvalue weighted by atomic mass is 15.2. The molecule has 0 unspecified atom stereocenters. The lowest BCUT2D eigenvalue weighted by molar-refractivity contribution is 0.758. The number of aromatic nitrogens is 3. The van der Waals surface area contributed by atoms with Gasteiger partial charge < -0.3 is 0 Å². The van der Waals surface area contributed by atoms with Crippen molar-refractivity contribution in [2.75, 3.05) is 0 Å². The average molecular weight is 192 g/mol. The molecule has 4 nitrogen and oxygen atoms in total. The zero-order chi connectivity index (χ0) is 10.6. The van der Waals surface area contributed by atoms with E-state index >= 15 is 0 Å². The highest BCUT2D eigenvalue weighted by Gasteiger charge is 2.02. The Labute approximate surface area is 84.4 Å². The number of allylic oxidation sites excluding steroid dienone is 1. The zero-order valence-electron chi connectivity index (χ0n) is 9.10. The second-order valence-electron chi connectivity index (χ2n) is 3.38. The molecule has 0 aliphatic carbocycles. The molecule has 76 valence electrons. The average Bonchev–Trinajstić information content (AvgIpc) is 2.51. The van der Waals surface area contributed by atoms with Crippen LogP contribution in [0.2, 0.25) is 0 Å². The van der Waals surface area contributed by atoms with Crippen LogP contribution < -0.4 is 0 Å². The minimum absolute atomic E-state index is 0.396. The van der Waals surface area contributed by atoms with Crippen molar-refractivity contribution in [1.29, 1.82) is 0 Å². The summed E-state index contributed by atoms with van der Waals surface area (Å²) in [6.07, 6.45) is 5.44. The molecule has 0 aliphatic heterocycles. The first kappa shape index (κ1) is 10.6. The molecule has 0 saturated heterocycles. The van der Waals surface area contributed by atoms with Crippen molar-refractivity contribution in [2.45, 2.75) is 27.7 Å². The van der Waals surface area contributed by atoms with Gasteiger partial charge in [-0.3, -0.25) is 9.56 Å². The molecule has 1 rings (SSSR count). The Morgan fingerprint density at radius 1 is 1.57 bits per heavy atom. The van der Waals surface area contributed by atoms with Gasteiger partial charge in [-0.25, -0.2) is 0 Å². The van der Waals surface area contributed by atoms with E-state index in [1.54, 1.807) is 12.5 Å². The fourth-order valence-corrected chi connectivity index (χ4v) is 1.05. The normalized spacial score (nSPS) is 13.1. The number of aliphatic imine (C=N–C) groups is 1.